The average molecular weight is 550 g/mol. The molecule has 3 aliphatic heterocycles. The highest BCUT2D eigenvalue weighted by molar-refractivity contribution is 6.03. The molecule has 6 rings (SSSR count). The third-order valence-corrected chi connectivity index (χ3v) is 10.6. The molecule has 1 spiro atoms. The molecule has 2 saturated carbocycles. The summed E-state index contributed by atoms with van der Waals surface area (Å²) in [5, 5.41) is 6.36. The third kappa shape index (κ3) is 4.43. The van der Waals surface area contributed by atoms with E-state index in [0.29, 0.717) is 29.2 Å². The van der Waals surface area contributed by atoms with Crippen LogP contribution in [0.1, 0.15) is 65.7 Å². The molecule has 40 heavy (non-hydrogen) atoms. The molecule has 5 aliphatic rings. The highest BCUT2D eigenvalue weighted by atomic mass is 16.5. The number of fused-ring (bicyclic) bond motifs is 1. The Bertz CT molecular complexity index is 1180. The fraction of sp³-hybridized carbons (Fsp3) is 0.656. The van der Waals surface area contributed by atoms with Gasteiger partial charge in [-0.05, 0) is 74.1 Å². The number of benzene rings is 1. The van der Waals surface area contributed by atoms with Crippen LogP contribution >= 0.6 is 0 Å². The smallest absolute Gasteiger partial charge is 0.246 e. The predicted molar refractivity (Wildman–Crippen MR) is 152 cm³/mol. The average Bonchev–Trinajstić information content (AvgIpc) is 3.59. The van der Waals surface area contributed by atoms with Gasteiger partial charge in [-0.15, -0.1) is 0 Å². The molecule has 0 aromatic heterocycles. The van der Waals surface area contributed by atoms with E-state index in [4.69, 9.17) is 9.47 Å². The summed E-state index contributed by atoms with van der Waals surface area (Å²) >= 11 is 0. The van der Waals surface area contributed by atoms with Crippen molar-refractivity contribution < 1.29 is 23.9 Å². The number of likely N-dealkylation sites (tertiary alicyclic amines) is 1. The normalized spacial score (nSPS) is 40.1. The molecule has 2 bridgehead atoms. The quantitative estimate of drug-likeness (QED) is 0.516. The molecule has 3 amide bonds. The van der Waals surface area contributed by atoms with Crippen molar-refractivity contribution in [2.75, 3.05) is 12.4 Å². The maximum absolute atomic E-state index is 14.4. The second-order valence-electron chi connectivity index (χ2n) is 13.0. The molecule has 2 N–H and O–H groups in total. The van der Waals surface area contributed by atoms with Crippen LogP contribution < -0.4 is 15.4 Å². The number of nitrogens with zero attached hydrogens (tertiary/aromatic N) is 1. The van der Waals surface area contributed by atoms with Crippen LogP contribution in [0.3, 0.4) is 0 Å². The summed E-state index contributed by atoms with van der Waals surface area (Å²) in [5.41, 5.74) is -0.495. The van der Waals surface area contributed by atoms with Crippen LogP contribution in [0.2, 0.25) is 0 Å². The van der Waals surface area contributed by atoms with Gasteiger partial charge in [0.05, 0.1) is 25.0 Å². The van der Waals surface area contributed by atoms with E-state index in [-0.39, 0.29) is 29.8 Å². The summed E-state index contributed by atoms with van der Waals surface area (Å²) in [6.07, 6.45) is 10.3. The SMILES string of the molecule is COc1ccc(NC(=O)[C@@H]2[C@@H]3C=C[C@]4(O3)[C@@H]2C(=O)N(C2CCC(C)CC2)[C@H]4C(=O)N[C@@H]2CCC[C@@H](C)[C@@H]2C)cc1. The van der Waals surface area contributed by atoms with Crippen LogP contribution in [0.4, 0.5) is 5.69 Å². The first-order valence-electron chi connectivity index (χ1n) is 15.2. The van der Waals surface area contributed by atoms with Crippen molar-refractivity contribution in [2.24, 2.45) is 29.6 Å². The van der Waals surface area contributed by atoms with E-state index in [0.717, 1.165) is 38.5 Å². The van der Waals surface area contributed by atoms with Gasteiger partial charge >= 0.3 is 0 Å². The topological polar surface area (TPSA) is 97.0 Å². The highest BCUT2D eigenvalue weighted by Gasteiger charge is 2.73. The van der Waals surface area contributed by atoms with Gasteiger partial charge in [0.1, 0.15) is 17.4 Å². The standard InChI is InChI=1S/C32H43N3O5/c1-18-8-12-22(13-9-18)35-28(30(37)34-24-7-5-6-19(2)20(24)3)32-17-16-25(40-32)26(27(32)31(35)38)29(36)33-21-10-14-23(39-4)15-11-21/h10-11,14-20,22,24-28H,5-9,12-13H2,1-4H3,(H,33,36)(H,34,37)/t18?,19-,20+,22?,24-,25+,26-,27+,28+,32+/m1/s1. The Morgan fingerprint density at radius 1 is 1.00 bits per heavy atom. The molecule has 0 radical (unpaired) electrons. The Morgan fingerprint density at radius 2 is 1.73 bits per heavy atom. The lowest BCUT2D eigenvalue weighted by Gasteiger charge is -2.41. The number of nitrogens with one attached hydrogen (secondary N) is 2. The molecule has 2 aliphatic carbocycles. The summed E-state index contributed by atoms with van der Waals surface area (Å²) in [5.74, 6) is 0.276. The zero-order chi connectivity index (χ0) is 28.2. The molecule has 4 fully saturated rings. The molecule has 216 valence electrons. The lowest BCUT2D eigenvalue weighted by Crippen LogP contribution is -2.59. The Morgan fingerprint density at radius 3 is 2.42 bits per heavy atom. The number of hydrogen-bond acceptors (Lipinski definition) is 5. The van der Waals surface area contributed by atoms with Gasteiger partial charge in [-0.2, -0.15) is 0 Å². The van der Waals surface area contributed by atoms with Gasteiger partial charge in [0.15, 0.2) is 0 Å². The molecule has 8 heteroatoms. The predicted octanol–water partition coefficient (Wildman–Crippen LogP) is 4.30. The summed E-state index contributed by atoms with van der Waals surface area (Å²) < 4.78 is 11.8. The Hall–Kier alpha value is -2.87. The lowest BCUT2D eigenvalue weighted by atomic mass is 9.73. The van der Waals surface area contributed by atoms with Gasteiger partial charge < -0.3 is 25.0 Å². The van der Waals surface area contributed by atoms with Crippen LogP contribution in [-0.2, 0) is 19.1 Å². The monoisotopic (exact) mass is 549 g/mol. The second kappa shape index (κ2) is 10.5. The maximum Gasteiger partial charge on any atom is 0.246 e. The van der Waals surface area contributed by atoms with Crippen LogP contribution in [0, 0.1) is 29.6 Å². The van der Waals surface area contributed by atoms with Gasteiger partial charge in [-0.1, -0.05) is 45.8 Å². The molecule has 3 heterocycles. The van der Waals surface area contributed by atoms with E-state index in [9.17, 15) is 14.4 Å². The zero-order valence-corrected chi connectivity index (χ0v) is 24.1. The van der Waals surface area contributed by atoms with Crippen molar-refractivity contribution >= 4 is 23.4 Å². The van der Waals surface area contributed by atoms with Gasteiger partial charge in [0.2, 0.25) is 17.7 Å². The minimum Gasteiger partial charge on any atom is -0.497 e. The molecule has 2 saturated heterocycles. The molecule has 1 aromatic carbocycles. The number of amides is 3. The number of ether oxygens (including phenoxy) is 2. The van der Waals surface area contributed by atoms with Gasteiger partial charge in [0, 0.05) is 17.8 Å². The van der Waals surface area contributed by atoms with Gasteiger partial charge in [-0.25, -0.2) is 0 Å². The summed E-state index contributed by atoms with van der Waals surface area (Å²) in [6, 6.07) is 6.42. The Kier molecular flexibility index (Phi) is 7.18. The first-order valence-corrected chi connectivity index (χ1v) is 15.2. The largest absolute Gasteiger partial charge is 0.497 e. The van der Waals surface area contributed by atoms with Crippen molar-refractivity contribution in [3.8, 4) is 5.75 Å². The lowest BCUT2D eigenvalue weighted by molar-refractivity contribution is -0.145. The maximum atomic E-state index is 14.4. The highest BCUT2D eigenvalue weighted by Crippen LogP contribution is 2.56. The van der Waals surface area contributed by atoms with Gasteiger partial charge in [0.25, 0.3) is 0 Å². The minimum atomic E-state index is -1.12. The molecule has 8 atom stereocenters. The third-order valence-electron chi connectivity index (χ3n) is 10.6. The number of carbonyl (C=O) groups is 3. The van der Waals surface area contributed by atoms with E-state index in [1.807, 2.05) is 17.1 Å². The van der Waals surface area contributed by atoms with E-state index in [1.165, 1.54) is 6.42 Å². The van der Waals surface area contributed by atoms with Crippen molar-refractivity contribution in [2.45, 2.75) is 95.5 Å². The fourth-order valence-electron chi connectivity index (χ4n) is 8.07. The van der Waals surface area contributed by atoms with E-state index < -0.39 is 29.6 Å². The van der Waals surface area contributed by atoms with E-state index >= 15 is 0 Å². The first kappa shape index (κ1) is 27.3. The summed E-state index contributed by atoms with van der Waals surface area (Å²) in [4.78, 5) is 44.2. The van der Waals surface area contributed by atoms with Gasteiger partial charge in [-0.3, -0.25) is 14.4 Å². The zero-order valence-electron chi connectivity index (χ0n) is 24.1. The second-order valence-corrected chi connectivity index (χ2v) is 13.0. The van der Waals surface area contributed by atoms with Crippen molar-refractivity contribution in [3.05, 3.63) is 36.4 Å². The summed E-state index contributed by atoms with van der Waals surface area (Å²) in [7, 11) is 1.60. The summed E-state index contributed by atoms with van der Waals surface area (Å²) in [6.45, 7) is 6.72. The Labute approximate surface area is 237 Å². The first-order chi connectivity index (χ1) is 19.2. The molecular weight excluding hydrogens is 506 g/mol. The van der Waals surface area contributed by atoms with Crippen LogP contribution in [0.5, 0.6) is 5.75 Å². The Balaban J connectivity index is 1.30. The van der Waals surface area contributed by atoms with Crippen LogP contribution in [0.25, 0.3) is 0 Å². The molecule has 8 nitrogen and oxygen atoms in total. The fourth-order valence-corrected chi connectivity index (χ4v) is 8.07. The minimum absolute atomic E-state index is 0.0246. The number of hydrogen-bond donors (Lipinski definition) is 2. The number of methoxy groups -OCH3 is 1. The van der Waals surface area contributed by atoms with Crippen molar-refractivity contribution in [1.29, 1.82) is 0 Å². The number of carbonyl (C=O) groups excluding carboxylic acids is 3. The molecule has 1 aromatic rings. The molecular formula is C32H43N3O5. The van der Waals surface area contributed by atoms with Crippen LogP contribution in [-0.4, -0.2) is 59.6 Å². The van der Waals surface area contributed by atoms with E-state index in [2.05, 4.69) is 31.4 Å². The van der Waals surface area contributed by atoms with Crippen molar-refractivity contribution in [3.63, 3.8) is 0 Å². The van der Waals surface area contributed by atoms with Crippen molar-refractivity contribution in [1.82, 2.24) is 10.2 Å². The number of anilines is 1. The van der Waals surface area contributed by atoms with Crippen LogP contribution in [0.15, 0.2) is 36.4 Å². The van der Waals surface area contributed by atoms with E-state index in [1.54, 1.807) is 31.4 Å². The number of rotatable bonds is 6. The molecule has 0 unspecified atom stereocenters.